The number of aliphatic hydroxyl groups is 1. The normalized spacial score (nSPS) is 29.6. The van der Waals surface area contributed by atoms with Crippen LogP contribution in [0.5, 0.6) is 0 Å². The molecule has 2 aliphatic heterocycles. The lowest BCUT2D eigenvalue weighted by Crippen LogP contribution is -2.59. The Morgan fingerprint density at radius 1 is 1.00 bits per heavy atom. The summed E-state index contributed by atoms with van der Waals surface area (Å²) in [6, 6.07) is 10.6. The van der Waals surface area contributed by atoms with E-state index < -0.39 is 5.60 Å². The number of amides is 2. The number of β-amino-alcohol motifs (C(OH)–C–C–N with tert-alkyl or cyclic N) is 1. The van der Waals surface area contributed by atoms with Crippen LogP contribution in [0.4, 0.5) is 16.4 Å². The van der Waals surface area contributed by atoms with E-state index in [0.717, 1.165) is 63.7 Å². The fraction of sp³-hybridized carbons (Fsp3) is 0.607. The first kappa shape index (κ1) is 24.6. The van der Waals surface area contributed by atoms with Gasteiger partial charge < -0.3 is 25.0 Å². The molecule has 1 spiro atoms. The van der Waals surface area contributed by atoms with Crippen molar-refractivity contribution in [2.24, 2.45) is 0 Å². The van der Waals surface area contributed by atoms with E-state index in [0.29, 0.717) is 32.3 Å². The maximum Gasteiger partial charge on any atom is 0.325 e. The van der Waals surface area contributed by atoms with Crippen LogP contribution in [0.2, 0.25) is 0 Å². The van der Waals surface area contributed by atoms with Gasteiger partial charge in [-0.3, -0.25) is 4.90 Å². The van der Waals surface area contributed by atoms with Crippen LogP contribution in [-0.2, 0) is 10.3 Å². The van der Waals surface area contributed by atoms with Gasteiger partial charge in [-0.05, 0) is 57.6 Å². The minimum atomic E-state index is -0.771. The smallest absolute Gasteiger partial charge is 0.325 e. The molecule has 9 heteroatoms. The first-order chi connectivity index (χ1) is 18.0. The maximum atomic E-state index is 13.9. The van der Waals surface area contributed by atoms with E-state index >= 15 is 0 Å². The van der Waals surface area contributed by atoms with Crippen molar-refractivity contribution in [1.29, 1.82) is 0 Å². The van der Waals surface area contributed by atoms with E-state index in [4.69, 9.17) is 4.74 Å². The second-order valence-electron chi connectivity index (χ2n) is 11.3. The molecule has 2 amide bonds. The van der Waals surface area contributed by atoms with Crippen molar-refractivity contribution in [3.8, 4) is 0 Å². The summed E-state index contributed by atoms with van der Waals surface area (Å²) >= 11 is 0. The second kappa shape index (κ2) is 9.53. The highest BCUT2D eigenvalue weighted by atomic mass is 16.5. The number of hydrogen-bond acceptors (Lipinski definition) is 7. The molecule has 4 aliphatic rings. The molecule has 2 N–H and O–H groups in total. The summed E-state index contributed by atoms with van der Waals surface area (Å²) in [4.78, 5) is 29.1. The predicted molar refractivity (Wildman–Crippen MR) is 142 cm³/mol. The Morgan fingerprint density at radius 2 is 1.68 bits per heavy atom. The van der Waals surface area contributed by atoms with Crippen molar-refractivity contribution in [3.05, 3.63) is 48.3 Å². The third-order valence-electron chi connectivity index (χ3n) is 9.29. The standard InChI is InChI=1S/C28H38N6O3/c1-29-28(22-6-3-2-4-7-22)12-10-26(11-13-28)20-33(25(35)34(26)21-27(36)8-5-9-27)23-18-30-24(31-19-23)32-14-16-37-17-15-32/h2-4,6-7,18-19,29,36H,5,8-17,20-21H2,1H3. The SMILES string of the molecule is CNC1(c2ccccc2)CCC2(CC1)CN(c1cnc(N3CCOCC3)nc1)C(=O)N2CC1(O)CCC1. The molecule has 2 saturated carbocycles. The summed E-state index contributed by atoms with van der Waals surface area (Å²) in [5.74, 6) is 0.674. The van der Waals surface area contributed by atoms with E-state index in [9.17, 15) is 9.90 Å². The van der Waals surface area contributed by atoms with Gasteiger partial charge in [-0.15, -0.1) is 0 Å². The van der Waals surface area contributed by atoms with E-state index in [-0.39, 0.29) is 17.1 Å². The molecular weight excluding hydrogens is 468 g/mol. The highest BCUT2D eigenvalue weighted by Crippen LogP contribution is 2.48. The van der Waals surface area contributed by atoms with Gasteiger partial charge in [0.2, 0.25) is 5.95 Å². The molecule has 198 valence electrons. The van der Waals surface area contributed by atoms with Crippen molar-refractivity contribution >= 4 is 17.7 Å². The van der Waals surface area contributed by atoms with Crippen molar-refractivity contribution < 1.29 is 14.6 Å². The number of aromatic nitrogens is 2. The predicted octanol–water partition coefficient (Wildman–Crippen LogP) is 2.90. The number of nitrogens with zero attached hydrogens (tertiary/aromatic N) is 5. The highest BCUT2D eigenvalue weighted by Gasteiger charge is 2.56. The van der Waals surface area contributed by atoms with Gasteiger partial charge >= 0.3 is 6.03 Å². The van der Waals surface area contributed by atoms with Crippen molar-refractivity contribution in [2.45, 2.75) is 61.6 Å². The molecule has 4 fully saturated rings. The van der Waals surface area contributed by atoms with Crippen molar-refractivity contribution in [3.63, 3.8) is 0 Å². The van der Waals surface area contributed by atoms with E-state index in [2.05, 4.69) is 50.5 Å². The molecule has 6 rings (SSSR count). The lowest BCUT2D eigenvalue weighted by atomic mass is 9.68. The number of morpholine rings is 1. The molecule has 3 heterocycles. The number of anilines is 2. The third kappa shape index (κ3) is 4.36. The molecule has 0 atom stereocenters. The summed E-state index contributed by atoms with van der Waals surface area (Å²) in [7, 11) is 2.04. The zero-order chi connectivity index (χ0) is 25.5. The lowest BCUT2D eigenvalue weighted by Gasteiger charge is -2.50. The minimum Gasteiger partial charge on any atom is -0.388 e. The monoisotopic (exact) mass is 506 g/mol. The van der Waals surface area contributed by atoms with Gasteiger partial charge in [0.05, 0.1) is 55.5 Å². The molecule has 0 unspecified atom stereocenters. The summed E-state index contributed by atoms with van der Waals surface area (Å²) in [5.41, 5.74) is 0.820. The number of carbonyl (C=O) groups excluding carboxylic acids is 1. The molecular formula is C28H38N6O3. The fourth-order valence-electron chi connectivity index (χ4n) is 6.66. The molecule has 2 aliphatic carbocycles. The molecule has 2 saturated heterocycles. The molecule has 1 aromatic heterocycles. The Balaban J connectivity index is 1.26. The number of nitrogens with one attached hydrogen (secondary N) is 1. The Morgan fingerprint density at radius 3 is 2.27 bits per heavy atom. The average Bonchev–Trinajstić information content (AvgIpc) is 3.20. The number of ether oxygens (including phenoxy) is 1. The molecule has 2 aromatic rings. The quantitative estimate of drug-likeness (QED) is 0.622. The van der Waals surface area contributed by atoms with E-state index in [1.54, 1.807) is 12.4 Å². The first-order valence-electron chi connectivity index (χ1n) is 13.7. The van der Waals surface area contributed by atoms with Gasteiger partial charge in [0.15, 0.2) is 0 Å². The zero-order valence-electron chi connectivity index (χ0n) is 21.7. The second-order valence-corrected chi connectivity index (χ2v) is 11.3. The van der Waals surface area contributed by atoms with Crippen LogP contribution in [0.3, 0.4) is 0 Å². The largest absolute Gasteiger partial charge is 0.388 e. The van der Waals surface area contributed by atoms with Gasteiger partial charge in [0.1, 0.15) is 0 Å². The van der Waals surface area contributed by atoms with Crippen LogP contribution in [-0.4, -0.2) is 83.6 Å². The zero-order valence-corrected chi connectivity index (χ0v) is 21.7. The van der Waals surface area contributed by atoms with Crippen LogP contribution in [0.1, 0.15) is 50.5 Å². The van der Waals surface area contributed by atoms with Gasteiger partial charge in [0.25, 0.3) is 0 Å². The van der Waals surface area contributed by atoms with Crippen molar-refractivity contribution in [2.75, 3.05) is 56.2 Å². The minimum absolute atomic E-state index is 0.0419. The summed E-state index contributed by atoms with van der Waals surface area (Å²) in [5, 5.41) is 14.7. The van der Waals surface area contributed by atoms with E-state index in [1.165, 1.54) is 5.56 Å². The Hall–Kier alpha value is -2.75. The summed E-state index contributed by atoms with van der Waals surface area (Å²) in [6.45, 7) is 3.88. The van der Waals surface area contributed by atoms with E-state index in [1.807, 2.05) is 16.8 Å². The maximum absolute atomic E-state index is 13.9. The summed E-state index contributed by atoms with van der Waals surface area (Å²) in [6.07, 6.45) is 9.67. The first-order valence-corrected chi connectivity index (χ1v) is 13.7. The lowest BCUT2D eigenvalue weighted by molar-refractivity contribution is -0.0690. The Labute approximate surface area is 218 Å². The van der Waals surface area contributed by atoms with Crippen LogP contribution < -0.4 is 15.1 Å². The molecule has 1 aromatic carbocycles. The molecule has 0 bridgehead atoms. The topological polar surface area (TPSA) is 94.1 Å². The average molecular weight is 507 g/mol. The molecule has 9 nitrogen and oxygen atoms in total. The fourth-order valence-corrected chi connectivity index (χ4v) is 6.66. The Kier molecular flexibility index (Phi) is 6.33. The number of urea groups is 1. The van der Waals surface area contributed by atoms with Gasteiger partial charge in [-0.2, -0.15) is 0 Å². The van der Waals surface area contributed by atoms with Crippen LogP contribution in [0.25, 0.3) is 0 Å². The van der Waals surface area contributed by atoms with Crippen LogP contribution in [0.15, 0.2) is 42.7 Å². The number of rotatable bonds is 6. The Bertz CT molecular complexity index is 1090. The molecule has 0 radical (unpaired) electrons. The number of hydrogen-bond donors (Lipinski definition) is 2. The van der Waals surface area contributed by atoms with Gasteiger partial charge in [0, 0.05) is 18.6 Å². The van der Waals surface area contributed by atoms with Crippen molar-refractivity contribution in [1.82, 2.24) is 20.2 Å². The number of carbonyl (C=O) groups is 1. The third-order valence-corrected chi connectivity index (χ3v) is 9.29. The molecule has 37 heavy (non-hydrogen) atoms. The highest BCUT2D eigenvalue weighted by molar-refractivity contribution is 5.95. The van der Waals surface area contributed by atoms with Gasteiger partial charge in [-0.1, -0.05) is 30.3 Å². The van der Waals surface area contributed by atoms with Gasteiger partial charge in [-0.25, -0.2) is 14.8 Å². The van der Waals surface area contributed by atoms with Crippen LogP contribution in [0, 0.1) is 0 Å². The van der Waals surface area contributed by atoms with Crippen LogP contribution >= 0.6 is 0 Å². The summed E-state index contributed by atoms with van der Waals surface area (Å²) < 4.78 is 5.44. The number of benzene rings is 1.